The molecule has 0 aliphatic carbocycles. The summed E-state index contributed by atoms with van der Waals surface area (Å²) in [7, 11) is 2.16. The number of aromatic amines is 1. The van der Waals surface area contributed by atoms with Crippen LogP contribution in [0.1, 0.15) is 24.3 Å². The summed E-state index contributed by atoms with van der Waals surface area (Å²) in [4.78, 5) is 16.1. The zero-order valence-corrected chi connectivity index (χ0v) is 9.90. The molecule has 4 heteroatoms. The van der Waals surface area contributed by atoms with Gasteiger partial charge in [-0.3, -0.25) is 4.98 Å². The van der Waals surface area contributed by atoms with Crippen LogP contribution in [0.4, 0.5) is 0 Å². The number of nitrogens with zero attached hydrogens (tertiary/aromatic N) is 1. The van der Waals surface area contributed by atoms with Gasteiger partial charge in [0.25, 0.3) is 0 Å². The van der Waals surface area contributed by atoms with E-state index in [0.717, 1.165) is 18.6 Å². The summed E-state index contributed by atoms with van der Waals surface area (Å²) in [6, 6.07) is 6.04. The van der Waals surface area contributed by atoms with Crippen LogP contribution in [0.15, 0.2) is 27.4 Å². The van der Waals surface area contributed by atoms with E-state index in [1.807, 2.05) is 12.1 Å². The van der Waals surface area contributed by atoms with Crippen molar-refractivity contribution in [2.45, 2.75) is 18.8 Å². The van der Waals surface area contributed by atoms with Gasteiger partial charge in [0.1, 0.15) is 0 Å². The lowest BCUT2D eigenvalue weighted by Gasteiger charge is -2.29. The van der Waals surface area contributed by atoms with Crippen molar-refractivity contribution < 1.29 is 4.42 Å². The Morgan fingerprint density at radius 1 is 1.35 bits per heavy atom. The average molecular weight is 232 g/mol. The first-order valence-electron chi connectivity index (χ1n) is 6.04. The second-order valence-electron chi connectivity index (χ2n) is 4.85. The van der Waals surface area contributed by atoms with E-state index in [0.29, 0.717) is 11.5 Å². The Hall–Kier alpha value is -1.55. The molecule has 0 amide bonds. The van der Waals surface area contributed by atoms with Crippen molar-refractivity contribution in [3.8, 4) is 0 Å². The molecule has 1 aromatic carbocycles. The largest absolute Gasteiger partial charge is 0.417 e. The standard InChI is InChI=1S/C13H16N2O2/c1-15-6-4-9(5-7-15)10-2-3-11-12(8-10)17-13(16)14-11/h2-3,8-9H,4-7H2,1H3,(H,14,16). The highest BCUT2D eigenvalue weighted by atomic mass is 16.4. The molecule has 0 atom stereocenters. The van der Waals surface area contributed by atoms with E-state index >= 15 is 0 Å². The molecule has 1 aliphatic rings. The van der Waals surface area contributed by atoms with E-state index in [4.69, 9.17) is 4.42 Å². The van der Waals surface area contributed by atoms with Crippen molar-refractivity contribution >= 4 is 11.1 Å². The number of nitrogens with one attached hydrogen (secondary N) is 1. The zero-order valence-electron chi connectivity index (χ0n) is 9.90. The normalized spacial score (nSPS) is 18.9. The van der Waals surface area contributed by atoms with Crippen LogP contribution in [0, 0.1) is 0 Å². The van der Waals surface area contributed by atoms with Crippen LogP contribution in [-0.4, -0.2) is 30.0 Å². The summed E-state index contributed by atoms with van der Waals surface area (Å²) < 4.78 is 5.10. The van der Waals surface area contributed by atoms with Gasteiger partial charge in [0.05, 0.1) is 5.52 Å². The van der Waals surface area contributed by atoms with Crippen LogP contribution < -0.4 is 5.76 Å². The van der Waals surface area contributed by atoms with Gasteiger partial charge in [-0.05, 0) is 56.6 Å². The predicted octanol–water partition coefficient (Wildman–Crippen LogP) is 1.93. The summed E-state index contributed by atoms with van der Waals surface area (Å²) in [5.41, 5.74) is 2.74. The fourth-order valence-corrected chi connectivity index (χ4v) is 2.56. The number of H-pyrrole nitrogens is 1. The molecule has 0 spiro atoms. The van der Waals surface area contributed by atoms with E-state index in [-0.39, 0.29) is 5.76 Å². The number of oxazole rings is 1. The Labute approximate surface area is 99.2 Å². The molecule has 0 saturated carbocycles. The smallest absolute Gasteiger partial charge is 0.408 e. The number of piperidine rings is 1. The Kier molecular flexibility index (Phi) is 2.52. The highest BCUT2D eigenvalue weighted by Gasteiger charge is 2.18. The molecule has 1 aliphatic heterocycles. The van der Waals surface area contributed by atoms with Gasteiger partial charge >= 0.3 is 5.76 Å². The molecule has 0 bridgehead atoms. The number of hydrogen-bond donors (Lipinski definition) is 1. The minimum Gasteiger partial charge on any atom is -0.408 e. The maximum absolute atomic E-state index is 11.1. The molecule has 90 valence electrons. The van der Waals surface area contributed by atoms with Crippen LogP contribution in [0.2, 0.25) is 0 Å². The predicted molar refractivity (Wildman–Crippen MR) is 66.3 cm³/mol. The number of hydrogen-bond acceptors (Lipinski definition) is 3. The molecule has 0 unspecified atom stereocenters. The fraction of sp³-hybridized carbons (Fsp3) is 0.462. The van der Waals surface area contributed by atoms with Gasteiger partial charge in [0.15, 0.2) is 5.58 Å². The molecular weight excluding hydrogens is 216 g/mol. The van der Waals surface area contributed by atoms with E-state index in [2.05, 4.69) is 23.0 Å². The highest BCUT2D eigenvalue weighted by Crippen LogP contribution is 2.29. The summed E-state index contributed by atoms with van der Waals surface area (Å²) >= 11 is 0. The number of fused-ring (bicyclic) bond motifs is 1. The lowest BCUT2D eigenvalue weighted by atomic mass is 9.89. The van der Waals surface area contributed by atoms with E-state index in [9.17, 15) is 4.79 Å². The molecule has 1 N–H and O–H groups in total. The molecule has 2 aromatic rings. The molecule has 1 fully saturated rings. The van der Waals surface area contributed by atoms with Gasteiger partial charge < -0.3 is 9.32 Å². The van der Waals surface area contributed by atoms with Crippen molar-refractivity contribution in [3.63, 3.8) is 0 Å². The third-order valence-electron chi connectivity index (χ3n) is 3.64. The Morgan fingerprint density at radius 2 is 2.12 bits per heavy atom. The summed E-state index contributed by atoms with van der Waals surface area (Å²) in [6.45, 7) is 2.28. The monoisotopic (exact) mass is 232 g/mol. The lowest BCUT2D eigenvalue weighted by molar-refractivity contribution is 0.255. The number of benzene rings is 1. The van der Waals surface area contributed by atoms with Crippen LogP contribution in [0.3, 0.4) is 0 Å². The molecule has 4 nitrogen and oxygen atoms in total. The van der Waals surface area contributed by atoms with Crippen LogP contribution in [-0.2, 0) is 0 Å². The Bertz CT molecular complexity index is 576. The third-order valence-corrected chi connectivity index (χ3v) is 3.64. The van der Waals surface area contributed by atoms with Gasteiger partial charge in [-0.15, -0.1) is 0 Å². The SMILES string of the molecule is CN1CCC(c2ccc3[nH]c(=O)oc3c2)CC1. The van der Waals surface area contributed by atoms with Crippen LogP contribution >= 0.6 is 0 Å². The Balaban J connectivity index is 1.92. The van der Waals surface area contributed by atoms with Crippen molar-refractivity contribution in [2.24, 2.45) is 0 Å². The molecule has 3 rings (SSSR count). The average Bonchev–Trinajstić information content (AvgIpc) is 2.69. The summed E-state index contributed by atoms with van der Waals surface area (Å²) in [5.74, 6) is 0.219. The molecule has 17 heavy (non-hydrogen) atoms. The number of likely N-dealkylation sites (tertiary alicyclic amines) is 1. The van der Waals surface area contributed by atoms with Gasteiger partial charge in [0, 0.05) is 0 Å². The molecule has 2 heterocycles. The first-order chi connectivity index (χ1) is 8.22. The molecule has 1 aromatic heterocycles. The van der Waals surface area contributed by atoms with Gasteiger partial charge in [-0.1, -0.05) is 6.07 Å². The third kappa shape index (κ3) is 2.00. The second-order valence-corrected chi connectivity index (χ2v) is 4.85. The Morgan fingerprint density at radius 3 is 2.88 bits per heavy atom. The van der Waals surface area contributed by atoms with Crippen molar-refractivity contribution in [2.75, 3.05) is 20.1 Å². The van der Waals surface area contributed by atoms with Crippen LogP contribution in [0.25, 0.3) is 11.1 Å². The van der Waals surface area contributed by atoms with Crippen LogP contribution in [0.5, 0.6) is 0 Å². The number of aromatic nitrogens is 1. The maximum atomic E-state index is 11.1. The van der Waals surface area contributed by atoms with E-state index in [1.165, 1.54) is 18.4 Å². The quantitative estimate of drug-likeness (QED) is 0.817. The first kappa shape index (κ1) is 10.6. The molecule has 1 saturated heterocycles. The minimum absolute atomic E-state index is 0.375. The highest BCUT2D eigenvalue weighted by molar-refractivity contribution is 5.72. The van der Waals surface area contributed by atoms with E-state index < -0.39 is 0 Å². The van der Waals surface area contributed by atoms with Gasteiger partial charge in [-0.25, -0.2) is 4.79 Å². The lowest BCUT2D eigenvalue weighted by Crippen LogP contribution is -2.29. The van der Waals surface area contributed by atoms with Gasteiger partial charge in [0.2, 0.25) is 0 Å². The minimum atomic E-state index is -0.375. The van der Waals surface area contributed by atoms with Crippen molar-refractivity contribution in [1.82, 2.24) is 9.88 Å². The maximum Gasteiger partial charge on any atom is 0.417 e. The van der Waals surface area contributed by atoms with E-state index in [1.54, 1.807) is 0 Å². The summed E-state index contributed by atoms with van der Waals surface area (Å²) in [5, 5.41) is 0. The summed E-state index contributed by atoms with van der Waals surface area (Å²) in [6.07, 6.45) is 2.35. The van der Waals surface area contributed by atoms with Crippen molar-refractivity contribution in [1.29, 1.82) is 0 Å². The molecular formula is C13H16N2O2. The topological polar surface area (TPSA) is 49.2 Å². The first-order valence-corrected chi connectivity index (χ1v) is 6.04. The zero-order chi connectivity index (χ0) is 11.8. The number of rotatable bonds is 1. The van der Waals surface area contributed by atoms with Gasteiger partial charge in [-0.2, -0.15) is 0 Å². The second kappa shape index (κ2) is 4.04. The molecule has 0 radical (unpaired) electrons. The fourth-order valence-electron chi connectivity index (χ4n) is 2.56. The van der Waals surface area contributed by atoms with Crippen molar-refractivity contribution in [3.05, 3.63) is 34.3 Å².